The van der Waals surface area contributed by atoms with Gasteiger partial charge < -0.3 is 0 Å². The summed E-state index contributed by atoms with van der Waals surface area (Å²) >= 11 is 8.40. The van der Waals surface area contributed by atoms with Gasteiger partial charge in [-0.2, -0.15) is 0 Å². The van der Waals surface area contributed by atoms with Crippen LogP contribution in [0.15, 0.2) is 11.0 Å². The highest BCUT2D eigenvalue weighted by Gasteiger charge is 2.27. The fraction of sp³-hybridized carbons (Fsp3) is 0.600. The van der Waals surface area contributed by atoms with E-state index < -0.39 is 0 Å². The minimum Gasteiger partial charge on any atom is -0.122 e. The smallest absolute Gasteiger partial charge is 0.0458 e. The number of halogens is 1. The number of rotatable bonds is 2. The summed E-state index contributed by atoms with van der Waals surface area (Å²) in [5, 5.41) is 0.967. The van der Waals surface area contributed by atoms with Crippen molar-refractivity contribution in [3.05, 3.63) is 28.3 Å². The molecule has 0 amide bonds. The van der Waals surface area contributed by atoms with Crippen LogP contribution in [0.4, 0.5) is 0 Å². The SMILES string of the molecule is Cc1cc(C)c(C)c(S[C@@H]2CCC[C@H]2Cl)c1C. The molecular formula is C15H21ClS. The van der Waals surface area contributed by atoms with E-state index in [9.17, 15) is 0 Å². The van der Waals surface area contributed by atoms with Gasteiger partial charge in [0, 0.05) is 15.5 Å². The van der Waals surface area contributed by atoms with E-state index in [0.29, 0.717) is 10.6 Å². The Kier molecular flexibility index (Phi) is 4.10. The first kappa shape index (κ1) is 13.3. The van der Waals surface area contributed by atoms with Gasteiger partial charge in [0.15, 0.2) is 0 Å². The second-order valence-electron chi connectivity index (χ2n) is 5.19. The van der Waals surface area contributed by atoms with Gasteiger partial charge in [-0.25, -0.2) is 0 Å². The van der Waals surface area contributed by atoms with Crippen molar-refractivity contribution in [2.24, 2.45) is 0 Å². The van der Waals surface area contributed by atoms with Gasteiger partial charge in [0.1, 0.15) is 0 Å². The fourth-order valence-electron chi connectivity index (χ4n) is 2.52. The van der Waals surface area contributed by atoms with E-state index in [1.807, 2.05) is 11.8 Å². The van der Waals surface area contributed by atoms with Crippen molar-refractivity contribution in [1.82, 2.24) is 0 Å². The molecule has 0 nitrogen and oxygen atoms in total. The Morgan fingerprint density at radius 1 is 1.06 bits per heavy atom. The van der Waals surface area contributed by atoms with Gasteiger partial charge in [0.2, 0.25) is 0 Å². The van der Waals surface area contributed by atoms with Crippen LogP contribution in [0.1, 0.15) is 41.5 Å². The largest absolute Gasteiger partial charge is 0.122 e. The van der Waals surface area contributed by atoms with E-state index >= 15 is 0 Å². The highest BCUT2D eigenvalue weighted by atomic mass is 35.5. The molecule has 0 radical (unpaired) electrons. The number of aryl methyl sites for hydroxylation is 2. The van der Waals surface area contributed by atoms with Crippen molar-refractivity contribution in [2.45, 2.75) is 62.5 Å². The molecule has 1 fully saturated rings. The maximum absolute atomic E-state index is 6.39. The highest BCUT2D eigenvalue weighted by Crippen LogP contribution is 2.41. The first-order chi connectivity index (χ1) is 8.00. The average molecular weight is 269 g/mol. The summed E-state index contributed by atoms with van der Waals surface area (Å²) in [5.74, 6) is 0. The van der Waals surface area contributed by atoms with E-state index in [1.54, 1.807) is 0 Å². The zero-order valence-corrected chi connectivity index (χ0v) is 12.7. The molecule has 0 aliphatic heterocycles. The van der Waals surface area contributed by atoms with Crippen molar-refractivity contribution >= 4 is 23.4 Å². The Balaban J connectivity index is 2.31. The molecule has 0 spiro atoms. The number of benzene rings is 1. The van der Waals surface area contributed by atoms with Crippen LogP contribution < -0.4 is 0 Å². The predicted octanol–water partition coefficient (Wildman–Crippen LogP) is 5.17. The Morgan fingerprint density at radius 2 is 1.65 bits per heavy atom. The molecule has 0 unspecified atom stereocenters. The summed E-state index contributed by atoms with van der Waals surface area (Å²) < 4.78 is 0. The standard InChI is InChI=1S/C15H21ClS/c1-9-8-10(2)12(4)15(11(9)3)17-14-7-5-6-13(14)16/h8,13-14H,5-7H2,1-4H3/t13-,14-/m1/s1. The first-order valence-corrected chi connectivity index (χ1v) is 7.70. The second kappa shape index (κ2) is 5.24. The maximum atomic E-state index is 6.39. The van der Waals surface area contributed by atoms with Crippen LogP contribution in [0.3, 0.4) is 0 Å². The normalized spacial score (nSPS) is 24.3. The van der Waals surface area contributed by atoms with Crippen molar-refractivity contribution in [1.29, 1.82) is 0 Å². The Bertz CT molecular complexity index is 399. The maximum Gasteiger partial charge on any atom is 0.0458 e. The molecule has 1 saturated carbocycles. The fourth-order valence-corrected chi connectivity index (χ4v) is 4.50. The molecule has 0 saturated heterocycles. The van der Waals surface area contributed by atoms with Crippen molar-refractivity contribution in [3.8, 4) is 0 Å². The molecule has 0 aromatic heterocycles. The molecule has 1 aliphatic rings. The molecule has 2 heteroatoms. The lowest BCUT2D eigenvalue weighted by Crippen LogP contribution is -2.10. The van der Waals surface area contributed by atoms with E-state index in [2.05, 4.69) is 33.8 Å². The lowest BCUT2D eigenvalue weighted by Gasteiger charge is -2.19. The molecule has 17 heavy (non-hydrogen) atoms. The molecule has 0 heterocycles. The van der Waals surface area contributed by atoms with E-state index in [0.717, 1.165) is 0 Å². The zero-order chi connectivity index (χ0) is 12.6. The van der Waals surface area contributed by atoms with Gasteiger partial charge in [-0.1, -0.05) is 12.5 Å². The predicted molar refractivity (Wildman–Crippen MR) is 78.5 cm³/mol. The van der Waals surface area contributed by atoms with Crippen LogP contribution in [0.5, 0.6) is 0 Å². The summed E-state index contributed by atoms with van der Waals surface area (Å²) in [6.45, 7) is 8.89. The molecule has 2 atom stereocenters. The van der Waals surface area contributed by atoms with Crippen LogP contribution in [0.25, 0.3) is 0 Å². The van der Waals surface area contributed by atoms with Crippen molar-refractivity contribution in [2.75, 3.05) is 0 Å². The molecule has 1 aliphatic carbocycles. The third-order valence-electron chi connectivity index (χ3n) is 3.94. The molecule has 0 bridgehead atoms. The number of hydrogen-bond donors (Lipinski definition) is 0. The van der Waals surface area contributed by atoms with Crippen LogP contribution in [0.2, 0.25) is 0 Å². The van der Waals surface area contributed by atoms with Crippen LogP contribution in [0, 0.1) is 27.7 Å². The summed E-state index contributed by atoms with van der Waals surface area (Å²) in [5.41, 5.74) is 5.68. The minimum atomic E-state index is 0.361. The monoisotopic (exact) mass is 268 g/mol. The average Bonchev–Trinajstić information content (AvgIpc) is 2.68. The summed E-state index contributed by atoms with van der Waals surface area (Å²) in [6.07, 6.45) is 3.74. The second-order valence-corrected chi connectivity index (χ2v) is 7.00. The molecule has 0 N–H and O–H groups in total. The minimum absolute atomic E-state index is 0.361. The van der Waals surface area contributed by atoms with Gasteiger partial charge in [0.25, 0.3) is 0 Å². The van der Waals surface area contributed by atoms with Crippen LogP contribution in [-0.2, 0) is 0 Å². The summed E-state index contributed by atoms with van der Waals surface area (Å²) in [6, 6.07) is 2.29. The van der Waals surface area contributed by atoms with Gasteiger partial charge in [-0.15, -0.1) is 23.4 Å². The number of hydrogen-bond acceptors (Lipinski definition) is 1. The van der Waals surface area contributed by atoms with Gasteiger partial charge in [-0.3, -0.25) is 0 Å². The molecule has 94 valence electrons. The van der Waals surface area contributed by atoms with Crippen molar-refractivity contribution < 1.29 is 0 Å². The first-order valence-electron chi connectivity index (χ1n) is 6.39. The number of thioether (sulfide) groups is 1. The lowest BCUT2D eigenvalue weighted by atomic mass is 10.0. The topological polar surface area (TPSA) is 0 Å². The van der Waals surface area contributed by atoms with Gasteiger partial charge >= 0.3 is 0 Å². The van der Waals surface area contributed by atoms with Crippen LogP contribution >= 0.6 is 23.4 Å². The summed E-state index contributed by atoms with van der Waals surface area (Å²) in [7, 11) is 0. The lowest BCUT2D eigenvalue weighted by molar-refractivity contribution is 0.888. The third-order valence-corrected chi connectivity index (χ3v) is 6.33. The molecule has 1 aromatic carbocycles. The van der Waals surface area contributed by atoms with E-state index in [4.69, 9.17) is 11.6 Å². The number of alkyl halides is 1. The quantitative estimate of drug-likeness (QED) is 0.667. The Hall–Kier alpha value is -0.140. The van der Waals surface area contributed by atoms with Gasteiger partial charge in [0.05, 0.1) is 0 Å². The van der Waals surface area contributed by atoms with E-state index in [1.165, 1.54) is 46.4 Å². The molecule has 1 aromatic rings. The molecule has 2 rings (SSSR count). The Morgan fingerprint density at radius 3 is 2.12 bits per heavy atom. The van der Waals surface area contributed by atoms with Gasteiger partial charge in [-0.05, 0) is 62.8 Å². The molecular weight excluding hydrogens is 248 g/mol. The third kappa shape index (κ3) is 2.66. The summed E-state index contributed by atoms with van der Waals surface area (Å²) in [4.78, 5) is 1.47. The zero-order valence-electron chi connectivity index (χ0n) is 11.1. The van der Waals surface area contributed by atoms with Crippen LogP contribution in [-0.4, -0.2) is 10.6 Å². The van der Waals surface area contributed by atoms with Crippen molar-refractivity contribution in [3.63, 3.8) is 0 Å². The highest BCUT2D eigenvalue weighted by molar-refractivity contribution is 8.00. The Labute approximate surface area is 114 Å². The van der Waals surface area contributed by atoms with E-state index in [-0.39, 0.29) is 0 Å².